The zero-order chi connectivity index (χ0) is 16.0. The molecule has 114 valence electrons. The molecule has 23 heavy (non-hydrogen) atoms. The third-order valence-corrected chi connectivity index (χ3v) is 4.23. The molecule has 0 aliphatic carbocycles. The molecule has 4 aromatic rings. The fourth-order valence-electron chi connectivity index (χ4n) is 2.96. The maximum absolute atomic E-state index is 4.90. The van der Waals surface area contributed by atoms with Crippen LogP contribution in [0.2, 0.25) is 0 Å². The van der Waals surface area contributed by atoms with E-state index < -0.39 is 0 Å². The Hall–Kier alpha value is -2.88. The predicted molar refractivity (Wildman–Crippen MR) is 95.9 cm³/mol. The molecule has 4 rings (SSSR count). The lowest BCUT2D eigenvalue weighted by molar-refractivity contribution is 1.07. The summed E-state index contributed by atoms with van der Waals surface area (Å²) in [6.45, 7) is 1.99. The van der Waals surface area contributed by atoms with Crippen LogP contribution in [-0.4, -0.2) is 29.3 Å². The second-order valence-electron chi connectivity index (χ2n) is 5.98. The molecule has 1 N–H and O–H groups in total. The van der Waals surface area contributed by atoms with Gasteiger partial charge in [0.05, 0.1) is 16.9 Å². The van der Waals surface area contributed by atoms with Crippen LogP contribution in [0.25, 0.3) is 33.1 Å². The zero-order valence-corrected chi connectivity index (χ0v) is 13.5. The molecule has 0 radical (unpaired) electrons. The van der Waals surface area contributed by atoms with Crippen molar-refractivity contribution in [2.45, 2.75) is 6.92 Å². The van der Waals surface area contributed by atoms with Crippen molar-refractivity contribution in [1.29, 1.82) is 0 Å². The van der Waals surface area contributed by atoms with E-state index in [-0.39, 0.29) is 0 Å². The molecule has 0 aliphatic heterocycles. The van der Waals surface area contributed by atoms with Crippen molar-refractivity contribution < 1.29 is 0 Å². The molecule has 0 atom stereocenters. The van der Waals surface area contributed by atoms with Crippen LogP contribution in [0.1, 0.15) is 5.69 Å². The number of benzene rings is 2. The van der Waals surface area contributed by atoms with Gasteiger partial charge in [-0.25, -0.2) is 4.98 Å². The number of hydrogen-bond acceptors (Lipinski definition) is 3. The Kier molecular flexibility index (Phi) is 3.05. The van der Waals surface area contributed by atoms with Crippen LogP contribution in [0.15, 0.2) is 48.5 Å². The van der Waals surface area contributed by atoms with Crippen LogP contribution in [0.3, 0.4) is 0 Å². The SMILES string of the molecule is Cc1n[nH]c2c1nc(-c1ccccc1)c1ccc(N(C)C)cc12. The van der Waals surface area contributed by atoms with Crippen molar-refractivity contribution in [2.24, 2.45) is 0 Å². The van der Waals surface area contributed by atoms with Crippen molar-refractivity contribution in [3.8, 4) is 11.3 Å². The molecule has 0 aliphatic rings. The second-order valence-corrected chi connectivity index (χ2v) is 5.98. The molecule has 4 heteroatoms. The van der Waals surface area contributed by atoms with Crippen molar-refractivity contribution in [3.05, 3.63) is 54.2 Å². The lowest BCUT2D eigenvalue weighted by Crippen LogP contribution is -2.08. The zero-order valence-electron chi connectivity index (χ0n) is 13.5. The van der Waals surface area contributed by atoms with Gasteiger partial charge >= 0.3 is 0 Å². The van der Waals surface area contributed by atoms with E-state index in [1.54, 1.807) is 0 Å². The number of anilines is 1. The van der Waals surface area contributed by atoms with E-state index in [4.69, 9.17) is 4.98 Å². The lowest BCUT2D eigenvalue weighted by atomic mass is 10.0. The van der Waals surface area contributed by atoms with Crippen LogP contribution >= 0.6 is 0 Å². The van der Waals surface area contributed by atoms with E-state index in [1.807, 2.05) is 25.1 Å². The number of nitrogens with one attached hydrogen (secondary N) is 1. The van der Waals surface area contributed by atoms with Gasteiger partial charge in [-0.1, -0.05) is 36.4 Å². The van der Waals surface area contributed by atoms with E-state index in [2.05, 4.69) is 59.5 Å². The average Bonchev–Trinajstić information content (AvgIpc) is 2.96. The summed E-state index contributed by atoms with van der Waals surface area (Å²) in [6.07, 6.45) is 0. The van der Waals surface area contributed by atoms with E-state index in [1.165, 1.54) is 0 Å². The molecule has 4 nitrogen and oxygen atoms in total. The summed E-state index contributed by atoms with van der Waals surface area (Å²) in [5.74, 6) is 0. The minimum Gasteiger partial charge on any atom is -0.378 e. The highest BCUT2D eigenvalue weighted by Gasteiger charge is 2.14. The third kappa shape index (κ3) is 2.14. The van der Waals surface area contributed by atoms with Crippen molar-refractivity contribution >= 4 is 27.5 Å². The summed E-state index contributed by atoms with van der Waals surface area (Å²) in [4.78, 5) is 7.01. The Labute approximate surface area is 134 Å². The molecule has 0 saturated carbocycles. The number of rotatable bonds is 2. The van der Waals surface area contributed by atoms with Gasteiger partial charge < -0.3 is 4.90 Å². The number of H-pyrrole nitrogens is 1. The molecule has 2 aromatic heterocycles. The first kappa shape index (κ1) is 13.8. The highest BCUT2D eigenvalue weighted by molar-refractivity contribution is 6.10. The minimum absolute atomic E-state index is 0.925. The van der Waals surface area contributed by atoms with Crippen LogP contribution in [0.4, 0.5) is 5.69 Å². The van der Waals surface area contributed by atoms with Gasteiger partial charge in [0.15, 0.2) is 0 Å². The Morgan fingerprint density at radius 2 is 1.74 bits per heavy atom. The van der Waals surface area contributed by atoms with E-state index in [0.29, 0.717) is 0 Å². The number of aromatic amines is 1. The average molecular weight is 302 g/mol. The van der Waals surface area contributed by atoms with Gasteiger partial charge in [0.2, 0.25) is 0 Å². The summed E-state index contributed by atoms with van der Waals surface area (Å²) in [5.41, 5.74) is 6.15. The predicted octanol–water partition coefficient (Wildman–Crippen LogP) is 4.15. The summed E-state index contributed by atoms with van der Waals surface area (Å²) in [7, 11) is 4.10. The number of fused-ring (bicyclic) bond motifs is 3. The maximum Gasteiger partial charge on any atom is 0.112 e. The Morgan fingerprint density at radius 3 is 2.48 bits per heavy atom. The number of pyridine rings is 1. The van der Waals surface area contributed by atoms with Gasteiger partial charge in [-0.2, -0.15) is 5.10 Å². The molecule has 0 saturated heterocycles. The molecule has 2 aromatic carbocycles. The molecule has 0 bridgehead atoms. The van der Waals surface area contributed by atoms with E-state index >= 15 is 0 Å². The van der Waals surface area contributed by atoms with Gasteiger partial charge in [0.25, 0.3) is 0 Å². The Morgan fingerprint density at radius 1 is 0.957 bits per heavy atom. The number of nitrogens with zero attached hydrogens (tertiary/aromatic N) is 3. The third-order valence-electron chi connectivity index (χ3n) is 4.23. The highest BCUT2D eigenvalue weighted by Crippen LogP contribution is 2.34. The normalized spacial score (nSPS) is 11.3. The second kappa shape index (κ2) is 5.09. The molecule has 0 amide bonds. The molecule has 0 fully saturated rings. The fraction of sp³-hybridized carbons (Fsp3) is 0.158. The number of aryl methyl sites for hydroxylation is 1. The topological polar surface area (TPSA) is 44.8 Å². The molecule has 0 unspecified atom stereocenters. The first-order valence-corrected chi connectivity index (χ1v) is 7.66. The molecule has 2 heterocycles. The first-order valence-electron chi connectivity index (χ1n) is 7.66. The Bertz CT molecular complexity index is 1000. The number of aromatic nitrogens is 3. The van der Waals surface area contributed by atoms with Gasteiger partial charge in [0.1, 0.15) is 5.52 Å². The van der Waals surface area contributed by atoms with Crippen molar-refractivity contribution in [2.75, 3.05) is 19.0 Å². The fourth-order valence-corrected chi connectivity index (χ4v) is 2.96. The van der Waals surface area contributed by atoms with Gasteiger partial charge in [0, 0.05) is 36.1 Å². The smallest absolute Gasteiger partial charge is 0.112 e. The number of hydrogen-bond donors (Lipinski definition) is 1. The quantitative estimate of drug-likeness (QED) is 0.605. The van der Waals surface area contributed by atoms with Crippen LogP contribution in [0, 0.1) is 6.92 Å². The summed E-state index contributed by atoms with van der Waals surface area (Å²) < 4.78 is 0. The highest BCUT2D eigenvalue weighted by atomic mass is 15.1. The lowest BCUT2D eigenvalue weighted by Gasteiger charge is -2.14. The Balaban J connectivity index is 2.14. The minimum atomic E-state index is 0.925. The van der Waals surface area contributed by atoms with Gasteiger partial charge in [-0.15, -0.1) is 0 Å². The van der Waals surface area contributed by atoms with E-state index in [9.17, 15) is 0 Å². The largest absolute Gasteiger partial charge is 0.378 e. The van der Waals surface area contributed by atoms with Gasteiger partial charge in [-0.05, 0) is 19.1 Å². The van der Waals surface area contributed by atoms with Crippen LogP contribution in [-0.2, 0) is 0 Å². The summed E-state index contributed by atoms with van der Waals surface area (Å²) in [5, 5.41) is 9.79. The van der Waals surface area contributed by atoms with Crippen molar-refractivity contribution in [3.63, 3.8) is 0 Å². The standard InChI is InChI=1S/C19H18N4/c1-12-17-19(22-21-12)16-11-14(23(2)3)9-10-15(16)18(20-17)13-7-5-4-6-8-13/h4-11H,1-3H3,(H,21,22). The maximum atomic E-state index is 4.90. The monoisotopic (exact) mass is 302 g/mol. The summed E-state index contributed by atoms with van der Waals surface area (Å²) >= 11 is 0. The summed E-state index contributed by atoms with van der Waals surface area (Å²) in [6, 6.07) is 16.8. The molecular formula is C19H18N4. The van der Waals surface area contributed by atoms with Crippen LogP contribution < -0.4 is 4.90 Å². The van der Waals surface area contributed by atoms with Crippen LogP contribution in [0.5, 0.6) is 0 Å². The van der Waals surface area contributed by atoms with Crippen molar-refractivity contribution in [1.82, 2.24) is 15.2 Å². The van der Waals surface area contributed by atoms with Gasteiger partial charge in [-0.3, -0.25) is 5.10 Å². The van der Waals surface area contributed by atoms with E-state index in [0.717, 1.165) is 44.4 Å². The molecule has 0 spiro atoms. The molecular weight excluding hydrogens is 284 g/mol. The first-order chi connectivity index (χ1) is 11.1.